The van der Waals surface area contributed by atoms with Crippen LogP contribution in [0.4, 0.5) is 4.39 Å². The third-order valence-electron chi connectivity index (χ3n) is 3.34. The van der Waals surface area contributed by atoms with Crippen molar-refractivity contribution in [2.45, 2.75) is 0 Å². The van der Waals surface area contributed by atoms with E-state index < -0.39 is 5.82 Å². The zero-order valence-electron chi connectivity index (χ0n) is 11.4. The van der Waals surface area contributed by atoms with E-state index >= 15 is 0 Å². The largest absolute Gasteiger partial charge is 0.334 e. The van der Waals surface area contributed by atoms with Gasteiger partial charge in [-0.15, -0.1) is 0 Å². The zero-order chi connectivity index (χ0) is 14.8. The first kappa shape index (κ1) is 13.1. The number of benzene rings is 2. The molecular weight excluding hydrogens is 265 g/mol. The molecule has 1 aromatic heterocycles. The quantitative estimate of drug-likeness (QED) is 0.528. The van der Waals surface area contributed by atoms with E-state index in [4.69, 9.17) is 0 Å². The van der Waals surface area contributed by atoms with Crippen molar-refractivity contribution in [1.82, 2.24) is 9.55 Å². The van der Waals surface area contributed by atoms with Gasteiger partial charge in [0, 0.05) is 12.6 Å². The molecule has 102 valence electrons. The predicted octanol–water partition coefficient (Wildman–Crippen LogP) is 3.78. The van der Waals surface area contributed by atoms with Gasteiger partial charge in [-0.1, -0.05) is 24.3 Å². The van der Waals surface area contributed by atoms with Crippen LogP contribution < -0.4 is 0 Å². The van der Waals surface area contributed by atoms with Crippen molar-refractivity contribution in [3.05, 3.63) is 65.7 Å². The molecule has 21 heavy (non-hydrogen) atoms. The highest BCUT2D eigenvalue weighted by Gasteiger charge is 2.07. The lowest BCUT2D eigenvalue weighted by Crippen LogP contribution is -1.88. The molecule has 0 spiro atoms. The first-order chi connectivity index (χ1) is 10.2. The van der Waals surface area contributed by atoms with Gasteiger partial charge in [0.1, 0.15) is 5.82 Å². The van der Waals surface area contributed by atoms with Gasteiger partial charge in [0.25, 0.3) is 0 Å². The predicted molar refractivity (Wildman–Crippen MR) is 80.6 cm³/mol. The highest BCUT2D eigenvalue weighted by molar-refractivity contribution is 5.91. The van der Waals surface area contributed by atoms with Crippen LogP contribution in [0.2, 0.25) is 0 Å². The summed E-state index contributed by atoms with van der Waals surface area (Å²) in [6, 6.07) is 14.0. The van der Waals surface area contributed by atoms with Crippen molar-refractivity contribution < 1.29 is 4.39 Å². The van der Waals surface area contributed by atoms with E-state index in [-0.39, 0.29) is 0 Å². The number of aryl methyl sites for hydroxylation is 1. The molecule has 0 atom stereocenters. The van der Waals surface area contributed by atoms with E-state index in [9.17, 15) is 9.65 Å². The van der Waals surface area contributed by atoms with Crippen molar-refractivity contribution in [3.63, 3.8) is 0 Å². The highest BCUT2D eigenvalue weighted by atomic mass is 19.1. The zero-order valence-corrected chi connectivity index (χ0v) is 11.4. The number of rotatable bonds is 2. The van der Waals surface area contributed by atoms with Crippen LogP contribution >= 0.6 is 0 Å². The molecule has 0 aliphatic rings. The Hall–Kier alpha value is -2.93. The van der Waals surface area contributed by atoms with E-state index in [0.29, 0.717) is 11.1 Å². The molecule has 4 heteroatoms. The van der Waals surface area contributed by atoms with Crippen LogP contribution in [-0.4, -0.2) is 9.55 Å². The summed E-state index contributed by atoms with van der Waals surface area (Å²) in [5.41, 5.74) is 3.30. The first-order valence-corrected chi connectivity index (χ1v) is 6.47. The van der Waals surface area contributed by atoms with Crippen LogP contribution in [0.1, 0.15) is 11.1 Å². The molecule has 0 radical (unpaired) electrons. The molecule has 0 aliphatic carbocycles. The number of nitriles is 1. The van der Waals surface area contributed by atoms with E-state index in [1.165, 1.54) is 6.07 Å². The Kier molecular flexibility index (Phi) is 3.25. The van der Waals surface area contributed by atoms with Gasteiger partial charge in [0.2, 0.25) is 0 Å². The Labute approximate surface area is 121 Å². The fraction of sp³-hybridized carbons (Fsp3) is 0.0588. The smallest absolute Gasteiger partial charge is 0.131 e. The maximum absolute atomic E-state index is 13.8. The van der Waals surface area contributed by atoms with Gasteiger partial charge in [0.05, 0.1) is 29.0 Å². The summed E-state index contributed by atoms with van der Waals surface area (Å²) in [6.07, 6.45) is 3.42. The van der Waals surface area contributed by atoms with Gasteiger partial charge in [-0.25, -0.2) is 9.37 Å². The molecular formula is C17H12FN3. The van der Waals surface area contributed by atoms with Crippen LogP contribution in [0.5, 0.6) is 0 Å². The number of imidazole rings is 1. The minimum absolute atomic E-state index is 0.301. The summed E-state index contributed by atoms with van der Waals surface area (Å²) in [4.78, 5) is 4.25. The summed E-state index contributed by atoms with van der Waals surface area (Å²) in [7, 11) is 1.91. The van der Waals surface area contributed by atoms with Crippen LogP contribution in [0.15, 0.2) is 48.8 Å². The lowest BCUT2D eigenvalue weighted by molar-refractivity contribution is 0.624. The fourth-order valence-electron chi connectivity index (χ4n) is 2.25. The van der Waals surface area contributed by atoms with Gasteiger partial charge in [-0.05, 0) is 29.8 Å². The van der Waals surface area contributed by atoms with Crippen molar-refractivity contribution in [2.75, 3.05) is 0 Å². The Balaban J connectivity index is 2.11. The standard InChI is InChI=1S/C17H12FN3/c1-21-11-20-16-7-6-12(9-17(16)21)8-13(10-19)14-4-2-3-5-15(14)18/h2-9,11H,1H3. The number of nitrogens with zero attached hydrogens (tertiary/aromatic N) is 3. The third-order valence-corrected chi connectivity index (χ3v) is 3.34. The second-order valence-electron chi connectivity index (χ2n) is 4.75. The van der Waals surface area contributed by atoms with Gasteiger partial charge >= 0.3 is 0 Å². The molecule has 0 amide bonds. The molecule has 0 saturated heterocycles. The van der Waals surface area contributed by atoms with Crippen LogP contribution in [0.25, 0.3) is 22.7 Å². The molecule has 3 nitrogen and oxygen atoms in total. The van der Waals surface area contributed by atoms with E-state index in [1.54, 1.807) is 30.6 Å². The summed E-state index contributed by atoms with van der Waals surface area (Å²) in [5, 5.41) is 9.29. The second-order valence-corrected chi connectivity index (χ2v) is 4.75. The molecule has 0 aliphatic heterocycles. The Bertz CT molecular complexity index is 884. The number of hydrogen-bond donors (Lipinski definition) is 0. The Morgan fingerprint density at radius 1 is 1.29 bits per heavy atom. The Morgan fingerprint density at radius 2 is 2.10 bits per heavy atom. The SMILES string of the molecule is Cn1cnc2ccc(C=C(C#N)c3ccccc3F)cc21. The van der Waals surface area contributed by atoms with Gasteiger partial charge in [-0.2, -0.15) is 5.26 Å². The van der Waals surface area contributed by atoms with Gasteiger partial charge in [-0.3, -0.25) is 0 Å². The number of allylic oxidation sites excluding steroid dienone is 1. The average molecular weight is 277 g/mol. The number of halogens is 1. The lowest BCUT2D eigenvalue weighted by atomic mass is 10.0. The van der Waals surface area contributed by atoms with E-state index in [1.807, 2.05) is 29.8 Å². The molecule has 1 heterocycles. The fourth-order valence-corrected chi connectivity index (χ4v) is 2.25. The van der Waals surface area contributed by atoms with Crippen LogP contribution in [0, 0.1) is 17.1 Å². The lowest BCUT2D eigenvalue weighted by Gasteiger charge is -2.02. The molecule has 2 aromatic carbocycles. The van der Waals surface area contributed by atoms with Crippen molar-refractivity contribution in [2.24, 2.45) is 7.05 Å². The van der Waals surface area contributed by atoms with Gasteiger partial charge < -0.3 is 4.57 Å². The molecule has 0 saturated carbocycles. The molecule has 0 N–H and O–H groups in total. The summed E-state index contributed by atoms with van der Waals surface area (Å²) in [6.45, 7) is 0. The molecule has 0 unspecified atom stereocenters. The summed E-state index contributed by atoms with van der Waals surface area (Å²) in [5.74, 6) is -0.396. The number of fused-ring (bicyclic) bond motifs is 1. The summed E-state index contributed by atoms with van der Waals surface area (Å²) >= 11 is 0. The van der Waals surface area contributed by atoms with Crippen LogP contribution in [-0.2, 0) is 7.05 Å². The molecule has 3 rings (SSSR count). The maximum Gasteiger partial charge on any atom is 0.131 e. The molecule has 3 aromatic rings. The maximum atomic E-state index is 13.8. The molecule has 0 fully saturated rings. The molecule has 0 bridgehead atoms. The highest BCUT2D eigenvalue weighted by Crippen LogP contribution is 2.22. The topological polar surface area (TPSA) is 41.6 Å². The Morgan fingerprint density at radius 3 is 2.86 bits per heavy atom. The third kappa shape index (κ3) is 2.41. The van der Waals surface area contributed by atoms with E-state index in [0.717, 1.165) is 16.6 Å². The van der Waals surface area contributed by atoms with Crippen molar-refractivity contribution in [3.8, 4) is 6.07 Å². The minimum atomic E-state index is -0.396. The van der Waals surface area contributed by atoms with Gasteiger partial charge in [0.15, 0.2) is 0 Å². The number of aromatic nitrogens is 2. The normalized spacial score (nSPS) is 11.6. The summed E-state index contributed by atoms with van der Waals surface area (Å²) < 4.78 is 15.7. The second kappa shape index (κ2) is 5.22. The minimum Gasteiger partial charge on any atom is -0.334 e. The van der Waals surface area contributed by atoms with Crippen LogP contribution in [0.3, 0.4) is 0 Å². The number of hydrogen-bond acceptors (Lipinski definition) is 2. The first-order valence-electron chi connectivity index (χ1n) is 6.47. The average Bonchev–Trinajstić information content (AvgIpc) is 2.87. The van der Waals surface area contributed by atoms with Crippen molar-refractivity contribution >= 4 is 22.7 Å². The monoisotopic (exact) mass is 277 g/mol. The van der Waals surface area contributed by atoms with Crippen molar-refractivity contribution in [1.29, 1.82) is 5.26 Å². The van der Waals surface area contributed by atoms with E-state index in [2.05, 4.69) is 11.1 Å².